The lowest BCUT2D eigenvalue weighted by molar-refractivity contribution is 0.263. The molecule has 88 valence electrons. The van der Waals surface area contributed by atoms with Crippen LogP contribution in [0.2, 0.25) is 0 Å². The number of aliphatic hydroxyl groups excluding tert-OH is 1. The van der Waals surface area contributed by atoms with Gasteiger partial charge in [0.25, 0.3) is 0 Å². The normalized spacial score (nSPS) is 15.6. The van der Waals surface area contributed by atoms with Crippen LogP contribution in [0.1, 0.15) is 26.7 Å². The number of hydrogen-bond acceptors (Lipinski definition) is 4. The van der Waals surface area contributed by atoms with E-state index in [2.05, 4.69) is 4.72 Å². The Bertz CT molecular complexity index is 308. The van der Waals surface area contributed by atoms with Gasteiger partial charge in [-0.15, -0.1) is 0 Å². The Hall–Kier alpha value is -0.640. The number of hydrogen-bond donors (Lipinski definition) is 2. The first-order chi connectivity index (χ1) is 6.97. The zero-order chi connectivity index (χ0) is 11.9. The number of nitriles is 1. The van der Waals surface area contributed by atoms with Gasteiger partial charge in [-0.05, 0) is 18.8 Å². The number of rotatable bonds is 7. The van der Waals surface area contributed by atoms with Crippen LogP contribution in [-0.2, 0) is 10.0 Å². The van der Waals surface area contributed by atoms with E-state index in [1.54, 1.807) is 13.0 Å². The van der Waals surface area contributed by atoms with Gasteiger partial charge in [0, 0.05) is 13.2 Å². The molecule has 0 rings (SSSR count). The summed E-state index contributed by atoms with van der Waals surface area (Å²) in [5.74, 6) is 0.0703. The largest absolute Gasteiger partial charge is 0.396 e. The van der Waals surface area contributed by atoms with Crippen molar-refractivity contribution in [2.45, 2.75) is 31.9 Å². The third-order valence-corrected chi connectivity index (χ3v) is 3.90. The van der Waals surface area contributed by atoms with E-state index in [1.165, 1.54) is 0 Å². The highest BCUT2D eigenvalue weighted by Gasteiger charge is 2.23. The van der Waals surface area contributed by atoms with Crippen LogP contribution in [0.25, 0.3) is 0 Å². The van der Waals surface area contributed by atoms with Crippen LogP contribution in [0, 0.1) is 17.2 Å². The molecule has 6 heteroatoms. The van der Waals surface area contributed by atoms with E-state index in [-0.39, 0.29) is 25.5 Å². The van der Waals surface area contributed by atoms with Crippen LogP contribution in [0.15, 0.2) is 0 Å². The summed E-state index contributed by atoms with van der Waals surface area (Å²) in [6.07, 6.45) is 0.825. The molecule has 2 unspecified atom stereocenters. The lowest BCUT2D eigenvalue weighted by atomic mass is 10.1. The van der Waals surface area contributed by atoms with Crippen molar-refractivity contribution < 1.29 is 13.5 Å². The summed E-state index contributed by atoms with van der Waals surface area (Å²) in [5, 5.41) is 16.3. The zero-order valence-corrected chi connectivity index (χ0v) is 9.92. The zero-order valence-electron chi connectivity index (χ0n) is 9.10. The molecule has 0 heterocycles. The van der Waals surface area contributed by atoms with Gasteiger partial charge in [0.15, 0.2) is 5.25 Å². The predicted octanol–water partition coefficient (Wildman–Crippen LogP) is 0.226. The van der Waals surface area contributed by atoms with E-state index < -0.39 is 15.3 Å². The van der Waals surface area contributed by atoms with Gasteiger partial charge in [-0.25, -0.2) is 13.1 Å². The first-order valence-electron chi connectivity index (χ1n) is 4.96. The molecule has 0 fully saturated rings. The van der Waals surface area contributed by atoms with Gasteiger partial charge in [-0.2, -0.15) is 5.26 Å². The highest BCUT2D eigenvalue weighted by atomic mass is 32.2. The Balaban J connectivity index is 4.22. The minimum atomic E-state index is -3.53. The van der Waals surface area contributed by atoms with Crippen molar-refractivity contribution in [2.75, 3.05) is 13.2 Å². The summed E-state index contributed by atoms with van der Waals surface area (Å²) < 4.78 is 25.4. The van der Waals surface area contributed by atoms with Crippen LogP contribution >= 0.6 is 0 Å². The quantitative estimate of drug-likeness (QED) is 0.659. The fourth-order valence-corrected chi connectivity index (χ4v) is 2.36. The molecule has 0 saturated heterocycles. The van der Waals surface area contributed by atoms with Crippen LogP contribution in [-0.4, -0.2) is 31.9 Å². The van der Waals surface area contributed by atoms with Crippen LogP contribution in [0.3, 0.4) is 0 Å². The second-order valence-corrected chi connectivity index (χ2v) is 5.48. The van der Waals surface area contributed by atoms with Gasteiger partial charge in [-0.1, -0.05) is 13.8 Å². The molecule has 5 nitrogen and oxygen atoms in total. The van der Waals surface area contributed by atoms with Crippen molar-refractivity contribution in [3.8, 4) is 6.07 Å². The molecule has 0 bridgehead atoms. The van der Waals surface area contributed by atoms with E-state index in [1.807, 2.05) is 6.92 Å². The molecular weight excluding hydrogens is 216 g/mol. The van der Waals surface area contributed by atoms with Crippen LogP contribution in [0.5, 0.6) is 0 Å². The lowest BCUT2D eigenvalue weighted by Gasteiger charge is -2.13. The predicted molar refractivity (Wildman–Crippen MR) is 57.5 cm³/mol. The summed E-state index contributed by atoms with van der Waals surface area (Å²) in [4.78, 5) is 0. The first-order valence-corrected chi connectivity index (χ1v) is 6.51. The molecule has 0 aromatic rings. The monoisotopic (exact) mass is 234 g/mol. The molecule has 0 aliphatic carbocycles. The van der Waals surface area contributed by atoms with Crippen molar-refractivity contribution in [3.63, 3.8) is 0 Å². The molecule has 2 atom stereocenters. The SMILES string of the molecule is CCC(C#N)S(=O)(=O)NCC(C)CCO. The summed E-state index contributed by atoms with van der Waals surface area (Å²) in [5.41, 5.74) is 0. The van der Waals surface area contributed by atoms with E-state index >= 15 is 0 Å². The molecule has 0 aromatic carbocycles. The second kappa shape index (κ2) is 6.77. The molecule has 2 N–H and O–H groups in total. The standard InChI is InChI=1S/C9H18N2O3S/c1-3-9(6-10)15(13,14)11-7-8(2)4-5-12/h8-9,11-12H,3-5,7H2,1-2H3. The molecule has 0 amide bonds. The van der Waals surface area contributed by atoms with E-state index in [0.29, 0.717) is 6.42 Å². The topological polar surface area (TPSA) is 90.2 Å². The molecule has 0 spiro atoms. The van der Waals surface area contributed by atoms with Crippen LogP contribution < -0.4 is 4.72 Å². The average molecular weight is 234 g/mol. The fourth-order valence-electron chi connectivity index (χ4n) is 1.06. The molecule has 0 aliphatic rings. The van der Waals surface area contributed by atoms with Crippen molar-refractivity contribution >= 4 is 10.0 Å². The Morgan fingerprint density at radius 3 is 2.53 bits per heavy atom. The summed E-state index contributed by atoms with van der Waals surface area (Å²) in [7, 11) is -3.53. The van der Waals surface area contributed by atoms with E-state index in [4.69, 9.17) is 10.4 Å². The molecular formula is C9H18N2O3S. The molecule has 0 aromatic heterocycles. The maximum absolute atomic E-state index is 11.5. The maximum Gasteiger partial charge on any atom is 0.227 e. The Kier molecular flexibility index (Phi) is 6.48. The average Bonchev–Trinajstić information content (AvgIpc) is 2.17. The smallest absolute Gasteiger partial charge is 0.227 e. The van der Waals surface area contributed by atoms with Gasteiger partial charge >= 0.3 is 0 Å². The maximum atomic E-state index is 11.5. The third kappa shape index (κ3) is 5.11. The molecule has 0 saturated carbocycles. The second-order valence-electron chi connectivity index (χ2n) is 3.54. The number of nitrogens with one attached hydrogen (secondary N) is 1. The van der Waals surface area contributed by atoms with Crippen molar-refractivity contribution in [1.29, 1.82) is 5.26 Å². The summed E-state index contributed by atoms with van der Waals surface area (Å²) >= 11 is 0. The molecule has 0 radical (unpaired) electrons. The van der Waals surface area contributed by atoms with E-state index in [0.717, 1.165) is 0 Å². The van der Waals surface area contributed by atoms with Crippen LogP contribution in [0.4, 0.5) is 0 Å². The Morgan fingerprint density at radius 1 is 1.53 bits per heavy atom. The van der Waals surface area contributed by atoms with Crippen molar-refractivity contribution in [3.05, 3.63) is 0 Å². The van der Waals surface area contributed by atoms with Crippen molar-refractivity contribution in [2.24, 2.45) is 5.92 Å². The van der Waals surface area contributed by atoms with Gasteiger partial charge < -0.3 is 5.11 Å². The number of aliphatic hydroxyl groups is 1. The highest BCUT2D eigenvalue weighted by Crippen LogP contribution is 2.05. The number of nitrogens with zero attached hydrogens (tertiary/aromatic N) is 1. The Labute approximate surface area is 91.2 Å². The van der Waals surface area contributed by atoms with Gasteiger partial charge in [0.05, 0.1) is 6.07 Å². The minimum absolute atomic E-state index is 0.0400. The summed E-state index contributed by atoms with van der Waals surface area (Å²) in [6, 6.07) is 1.75. The molecule has 0 aliphatic heterocycles. The van der Waals surface area contributed by atoms with Gasteiger partial charge in [0.2, 0.25) is 10.0 Å². The Morgan fingerprint density at radius 2 is 2.13 bits per heavy atom. The molecule has 15 heavy (non-hydrogen) atoms. The minimum Gasteiger partial charge on any atom is -0.396 e. The highest BCUT2D eigenvalue weighted by molar-refractivity contribution is 7.90. The van der Waals surface area contributed by atoms with Gasteiger partial charge in [0.1, 0.15) is 0 Å². The van der Waals surface area contributed by atoms with Crippen molar-refractivity contribution in [1.82, 2.24) is 4.72 Å². The number of sulfonamides is 1. The lowest BCUT2D eigenvalue weighted by Crippen LogP contribution is -2.36. The fraction of sp³-hybridized carbons (Fsp3) is 0.889. The van der Waals surface area contributed by atoms with E-state index in [9.17, 15) is 8.42 Å². The first kappa shape index (κ1) is 14.4. The third-order valence-electron chi connectivity index (χ3n) is 2.14. The van der Waals surface area contributed by atoms with Gasteiger partial charge in [-0.3, -0.25) is 0 Å². The summed E-state index contributed by atoms with van der Waals surface area (Å²) in [6.45, 7) is 3.80.